The monoisotopic (exact) mass is 488 g/mol. The fourth-order valence-electron chi connectivity index (χ4n) is 3.62. The molecule has 0 aromatic heterocycles. The molecule has 1 unspecified atom stereocenters. The fraction of sp³-hybridized carbons (Fsp3) is 0.375. The van der Waals surface area contributed by atoms with Crippen molar-refractivity contribution in [3.63, 3.8) is 0 Å². The Morgan fingerprint density at radius 2 is 1.74 bits per heavy atom. The van der Waals surface area contributed by atoms with Crippen molar-refractivity contribution in [1.29, 1.82) is 0 Å². The normalized spacial score (nSPS) is 14.7. The van der Waals surface area contributed by atoms with E-state index < -0.39 is 30.6 Å². The first kappa shape index (κ1) is 25.5. The van der Waals surface area contributed by atoms with Crippen LogP contribution in [-0.2, 0) is 32.2 Å². The van der Waals surface area contributed by atoms with Crippen LogP contribution in [0.5, 0.6) is 0 Å². The minimum atomic E-state index is -0.777. The van der Waals surface area contributed by atoms with Gasteiger partial charge in [-0.3, -0.25) is 14.5 Å². The number of nitrogens with one attached hydrogen (secondary N) is 2. The molecule has 0 spiro atoms. The number of rotatable bonds is 10. The third-order valence-corrected chi connectivity index (χ3v) is 5.67. The van der Waals surface area contributed by atoms with Crippen molar-refractivity contribution in [2.45, 2.75) is 25.6 Å². The lowest BCUT2D eigenvalue weighted by atomic mass is 10.0. The highest BCUT2D eigenvalue weighted by Crippen LogP contribution is 2.20. The van der Waals surface area contributed by atoms with E-state index in [9.17, 15) is 14.4 Å². The molecular weight excluding hydrogens is 460 g/mol. The van der Waals surface area contributed by atoms with Gasteiger partial charge in [0.25, 0.3) is 5.91 Å². The molecule has 182 valence electrons. The standard InChI is InChI=1S/C24H29ClN4O5/c25-20-7-5-17(6-8-20)21(28-24(26)32)13-23(31)34-16-22(30)27-14-18-3-1-2-4-19(18)15-29-9-11-33-12-10-29/h1-8,21H,9-16H2,(H,27,30)(H3,26,28,32). The number of hydrogen-bond donors (Lipinski definition) is 3. The molecule has 1 aliphatic heterocycles. The van der Waals surface area contributed by atoms with Gasteiger partial charge in [-0.2, -0.15) is 0 Å². The Morgan fingerprint density at radius 3 is 2.41 bits per heavy atom. The van der Waals surface area contributed by atoms with E-state index >= 15 is 0 Å². The number of ether oxygens (including phenoxy) is 2. The maximum Gasteiger partial charge on any atom is 0.312 e. The van der Waals surface area contributed by atoms with Crippen molar-refractivity contribution in [3.8, 4) is 0 Å². The SMILES string of the molecule is NC(=O)NC(CC(=O)OCC(=O)NCc1ccccc1CN1CCOCC1)c1ccc(Cl)cc1. The average molecular weight is 489 g/mol. The van der Waals surface area contributed by atoms with Gasteiger partial charge in [0.1, 0.15) is 0 Å². The second kappa shape index (κ2) is 12.9. The molecular formula is C24H29ClN4O5. The lowest BCUT2D eigenvalue weighted by Crippen LogP contribution is -2.36. The van der Waals surface area contributed by atoms with Gasteiger partial charge in [-0.05, 0) is 28.8 Å². The van der Waals surface area contributed by atoms with Crippen LogP contribution >= 0.6 is 11.6 Å². The van der Waals surface area contributed by atoms with Crippen molar-refractivity contribution < 1.29 is 23.9 Å². The van der Waals surface area contributed by atoms with Gasteiger partial charge in [-0.25, -0.2) is 4.79 Å². The van der Waals surface area contributed by atoms with E-state index in [1.54, 1.807) is 24.3 Å². The summed E-state index contributed by atoms with van der Waals surface area (Å²) in [7, 11) is 0. The predicted molar refractivity (Wildman–Crippen MR) is 127 cm³/mol. The number of hydrogen-bond acceptors (Lipinski definition) is 6. The highest BCUT2D eigenvalue weighted by atomic mass is 35.5. The number of carbonyl (C=O) groups excluding carboxylic acids is 3. The maximum absolute atomic E-state index is 12.3. The summed E-state index contributed by atoms with van der Waals surface area (Å²) in [5.74, 6) is -1.06. The molecule has 0 aliphatic carbocycles. The molecule has 1 aliphatic rings. The average Bonchev–Trinajstić information content (AvgIpc) is 2.82. The van der Waals surface area contributed by atoms with Crippen molar-refractivity contribution in [2.75, 3.05) is 32.9 Å². The van der Waals surface area contributed by atoms with Crippen LogP contribution in [0, 0.1) is 0 Å². The molecule has 0 radical (unpaired) electrons. The van der Waals surface area contributed by atoms with Gasteiger partial charge < -0.3 is 25.8 Å². The Balaban J connectivity index is 1.47. The molecule has 1 fully saturated rings. The molecule has 0 saturated carbocycles. The summed E-state index contributed by atoms with van der Waals surface area (Å²) >= 11 is 5.89. The number of primary amides is 1. The van der Waals surface area contributed by atoms with Crippen molar-refractivity contribution in [2.24, 2.45) is 5.73 Å². The highest BCUT2D eigenvalue weighted by Gasteiger charge is 2.19. The Hall–Kier alpha value is -3.14. The minimum Gasteiger partial charge on any atom is -0.456 e. The zero-order chi connectivity index (χ0) is 24.3. The van der Waals surface area contributed by atoms with Crippen LogP contribution in [0.3, 0.4) is 0 Å². The van der Waals surface area contributed by atoms with E-state index in [4.69, 9.17) is 26.8 Å². The zero-order valence-electron chi connectivity index (χ0n) is 18.8. The number of nitrogens with two attached hydrogens (primary N) is 1. The highest BCUT2D eigenvalue weighted by molar-refractivity contribution is 6.30. The van der Waals surface area contributed by atoms with Crippen molar-refractivity contribution >= 4 is 29.5 Å². The number of amides is 3. The van der Waals surface area contributed by atoms with Gasteiger partial charge in [0.2, 0.25) is 0 Å². The number of morpholine rings is 1. The number of carbonyl (C=O) groups is 3. The molecule has 3 amide bonds. The van der Waals surface area contributed by atoms with Crippen LogP contribution in [0.1, 0.15) is 29.2 Å². The van der Waals surface area contributed by atoms with Crippen LogP contribution in [-0.4, -0.2) is 55.7 Å². The lowest BCUT2D eigenvalue weighted by molar-refractivity contribution is -0.149. The number of nitrogens with zero attached hydrogens (tertiary/aromatic N) is 1. The number of halogens is 1. The van der Waals surface area contributed by atoms with Crippen molar-refractivity contribution in [1.82, 2.24) is 15.5 Å². The molecule has 4 N–H and O–H groups in total. The molecule has 2 aromatic carbocycles. The van der Waals surface area contributed by atoms with E-state index in [1.165, 1.54) is 0 Å². The summed E-state index contributed by atoms with van der Waals surface area (Å²) in [6.45, 7) is 3.87. The first-order valence-electron chi connectivity index (χ1n) is 11.0. The van der Waals surface area contributed by atoms with Crippen LogP contribution in [0.15, 0.2) is 48.5 Å². The smallest absolute Gasteiger partial charge is 0.312 e. The molecule has 3 rings (SSSR count). The van der Waals surface area contributed by atoms with Gasteiger partial charge in [-0.1, -0.05) is 48.0 Å². The summed E-state index contributed by atoms with van der Waals surface area (Å²) in [5, 5.41) is 5.82. The van der Waals surface area contributed by atoms with Crippen LogP contribution < -0.4 is 16.4 Å². The molecule has 1 saturated heterocycles. The van der Waals surface area contributed by atoms with Crippen LogP contribution in [0.25, 0.3) is 0 Å². The molecule has 0 bridgehead atoms. The number of urea groups is 1. The van der Waals surface area contributed by atoms with Crippen molar-refractivity contribution in [3.05, 3.63) is 70.2 Å². The predicted octanol–water partition coefficient (Wildman–Crippen LogP) is 2.13. The topological polar surface area (TPSA) is 123 Å². The maximum atomic E-state index is 12.3. The Labute approximate surface area is 203 Å². The van der Waals surface area contributed by atoms with Crippen LogP contribution in [0.4, 0.5) is 4.79 Å². The van der Waals surface area contributed by atoms with Crippen LogP contribution in [0.2, 0.25) is 5.02 Å². The molecule has 1 heterocycles. The number of benzene rings is 2. The first-order valence-corrected chi connectivity index (χ1v) is 11.4. The summed E-state index contributed by atoms with van der Waals surface area (Å²) in [6.07, 6.45) is -0.180. The largest absolute Gasteiger partial charge is 0.456 e. The Kier molecular flexibility index (Phi) is 9.69. The minimum absolute atomic E-state index is 0.180. The Morgan fingerprint density at radius 1 is 1.06 bits per heavy atom. The zero-order valence-corrected chi connectivity index (χ0v) is 19.6. The van der Waals surface area contributed by atoms with E-state index in [0.29, 0.717) is 17.1 Å². The molecule has 1 atom stereocenters. The lowest BCUT2D eigenvalue weighted by Gasteiger charge is -2.27. The summed E-state index contributed by atoms with van der Waals surface area (Å²) in [6, 6.07) is 13.1. The van der Waals surface area contributed by atoms with Gasteiger partial charge in [0, 0.05) is 31.2 Å². The Bertz CT molecular complexity index is 980. The molecule has 10 heteroatoms. The van der Waals surface area contributed by atoms with Gasteiger partial charge >= 0.3 is 12.0 Å². The summed E-state index contributed by atoms with van der Waals surface area (Å²) in [4.78, 5) is 38.2. The fourth-order valence-corrected chi connectivity index (χ4v) is 3.75. The first-order chi connectivity index (χ1) is 16.4. The second-order valence-corrected chi connectivity index (χ2v) is 8.35. The van der Waals surface area contributed by atoms with Gasteiger partial charge in [0.15, 0.2) is 6.61 Å². The van der Waals surface area contributed by atoms with Gasteiger partial charge in [0.05, 0.1) is 25.7 Å². The summed E-state index contributed by atoms with van der Waals surface area (Å²) in [5.41, 5.74) is 7.99. The van der Waals surface area contributed by atoms with Gasteiger partial charge in [-0.15, -0.1) is 0 Å². The van der Waals surface area contributed by atoms with E-state index in [2.05, 4.69) is 15.5 Å². The third-order valence-electron chi connectivity index (χ3n) is 5.42. The third kappa shape index (κ3) is 8.33. The van der Waals surface area contributed by atoms with E-state index in [1.807, 2.05) is 24.3 Å². The molecule has 34 heavy (non-hydrogen) atoms. The molecule has 9 nitrogen and oxygen atoms in total. The number of esters is 1. The van der Waals surface area contributed by atoms with E-state index in [-0.39, 0.29) is 6.42 Å². The summed E-state index contributed by atoms with van der Waals surface area (Å²) < 4.78 is 10.5. The molecule has 2 aromatic rings. The quantitative estimate of drug-likeness (QED) is 0.440. The van der Waals surface area contributed by atoms with E-state index in [0.717, 1.165) is 44.0 Å². The second-order valence-electron chi connectivity index (χ2n) is 7.91.